The number of alkyl halides is 21. The lowest BCUT2D eigenvalue weighted by Gasteiger charge is -2.44. The summed E-state index contributed by atoms with van der Waals surface area (Å²) < 4.78 is 298. The highest BCUT2D eigenvalue weighted by atomic mass is 32.2. The van der Waals surface area contributed by atoms with Crippen molar-refractivity contribution in [3.8, 4) is 6.07 Å². The minimum Gasteiger partial charge on any atom is -0.410 e. The number of halogens is 21. The van der Waals surface area contributed by atoms with Gasteiger partial charge in [0, 0.05) is 0 Å². The first-order chi connectivity index (χ1) is 20.3. The van der Waals surface area contributed by atoms with Crippen LogP contribution in [-0.2, 0) is 10.1 Å². The Labute approximate surface area is 241 Å². The molecule has 0 aliphatic rings. The Morgan fingerprint density at radius 2 is 0.957 bits per heavy atom. The monoisotopic (exact) mass is 760 g/mol. The third-order valence-corrected chi connectivity index (χ3v) is 6.29. The molecule has 30 heteroatoms. The van der Waals surface area contributed by atoms with E-state index in [1.54, 1.807) is 18.2 Å². The third kappa shape index (κ3) is 5.56. The van der Waals surface area contributed by atoms with Crippen LogP contribution < -0.4 is 0 Å². The number of rotatable bonds is 9. The topological polar surface area (TPSA) is 129 Å². The Morgan fingerprint density at radius 1 is 0.617 bits per heavy atom. The molecule has 0 radical (unpaired) electrons. The van der Waals surface area contributed by atoms with Crippen LogP contribution in [0.2, 0.25) is 0 Å². The normalized spacial score (nSPS) is 15.3. The van der Waals surface area contributed by atoms with Crippen LogP contribution >= 0.6 is 0 Å². The summed E-state index contributed by atoms with van der Waals surface area (Å²) >= 11 is 0. The van der Waals surface area contributed by atoms with E-state index in [0.717, 1.165) is 0 Å². The van der Waals surface area contributed by atoms with Crippen LogP contribution in [0.5, 0.6) is 0 Å². The Balaban J connectivity index is 0.000000753. The molecule has 0 fully saturated rings. The predicted octanol–water partition coefficient (Wildman–Crippen LogP) is 6.65. The van der Waals surface area contributed by atoms with Gasteiger partial charge >= 0.3 is 68.9 Å². The van der Waals surface area contributed by atoms with Gasteiger partial charge in [-0.2, -0.15) is 106 Å². The summed E-state index contributed by atoms with van der Waals surface area (Å²) in [4.78, 5) is 0.649. The smallest absolute Gasteiger partial charge is 0.410 e. The maximum absolute atomic E-state index is 13.3. The van der Waals surface area contributed by atoms with Gasteiger partial charge in [-0.15, -0.1) is 5.10 Å². The Morgan fingerprint density at radius 3 is 1.28 bits per heavy atom. The van der Waals surface area contributed by atoms with Crippen LogP contribution in [0.15, 0.2) is 18.2 Å². The van der Waals surface area contributed by atoms with E-state index in [1.165, 1.54) is 0 Å². The number of nitriles is 1. The van der Waals surface area contributed by atoms with Gasteiger partial charge in [0.05, 0.1) is 5.56 Å². The molecule has 2 N–H and O–H groups in total. The molecule has 0 aliphatic heterocycles. The van der Waals surface area contributed by atoms with Crippen molar-refractivity contribution in [2.24, 2.45) is 0 Å². The summed E-state index contributed by atoms with van der Waals surface area (Å²) in [6.45, 7) is 0. The molecule has 0 amide bonds. The largest absolute Gasteiger partial charge is 0.460 e. The van der Waals surface area contributed by atoms with Gasteiger partial charge in [0.25, 0.3) is 0 Å². The summed E-state index contributed by atoms with van der Waals surface area (Å²) in [5.74, 6) is -72.6. The quantitative estimate of drug-likeness (QED) is 0.166. The minimum atomic E-state index is -9.38. The average Bonchev–Trinajstić information content (AvgIpc) is 3.27. The van der Waals surface area contributed by atoms with Crippen molar-refractivity contribution in [1.29, 1.82) is 5.26 Å². The number of nitrogens with zero attached hydrogens (tertiary/aromatic N) is 4. The first-order valence-electron chi connectivity index (χ1n) is 10.2. The molecular weight excluding hydrogens is 755 g/mol. The molecule has 0 saturated carbocycles. The molecule has 47 heavy (non-hydrogen) atoms. The molecule has 1 aromatic heterocycles. The molecule has 8 nitrogen and oxygen atoms in total. The van der Waals surface area contributed by atoms with Crippen molar-refractivity contribution < 1.29 is 110 Å². The minimum absolute atomic E-state index is 0.410. The van der Waals surface area contributed by atoms with Gasteiger partial charge in [0.1, 0.15) is 17.1 Å². The van der Waals surface area contributed by atoms with Gasteiger partial charge < -0.3 is 5.21 Å². The Bertz CT molecular complexity index is 1630. The van der Waals surface area contributed by atoms with Crippen molar-refractivity contribution in [3.63, 3.8) is 0 Å². The van der Waals surface area contributed by atoms with E-state index in [4.69, 9.17) is 15.0 Å². The number of hydrogen-bond acceptors (Lipinski definition) is 6. The average molecular weight is 760 g/mol. The molecule has 270 valence electrons. The van der Waals surface area contributed by atoms with Crippen LogP contribution in [0.25, 0.3) is 11.0 Å². The Hall–Kier alpha value is -3.65. The highest BCUT2D eigenvalue weighted by Crippen LogP contribution is 2.66. The van der Waals surface area contributed by atoms with E-state index in [9.17, 15) is 101 Å². The van der Waals surface area contributed by atoms with Crippen LogP contribution in [0, 0.1) is 11.3 Å². The fourth-order valence-electron chi connectivity index (χ4n) is 2.73. The summed E-state index contributed by atoms with van der Waals surface area (Å²) in [7, 11) is -8.09. The molecule has 1 heterocycles. The SMILES string of the molecule is N#Cc1cccc2c1nnn2O.O=S(=O)(O)C(F)(F)C(F)(F)C(F)(F)C(F)(F)C(F)(F)C(F)(F)C(F)(F)C(F)(F)C(F)(F)C(F)(F)F. The highest BCUT2D eigenvalue weighted by molar-refractivity contribution is 7.87. The van der Waals surface area contributed by atoms with E-state index in [2.05, 4.69) is 10.3 Å². The van der Waals surface area contributed by atoms with Crippen molar-refractivity contribution in [1.82, 2.24) is 15.2 Å². The molecule has 0 atom stereocenters. The third-order valence-electron chi connectivity index (χ3n) is 5.39. The van der Waals surface area contributed by atoms with Gasteiger partial charge in [-0.25, -0.2) is 0 Å². The number of benzene rings is 1. The molecule has 1 aromatic carbocycles. The van der Waals surface area contributed by atoms with Crippen LogP contribution in [-0.4, -0.2) is 92.1 Å². The second-order valence-electron chi connectivity index (χ2n) is 8.35. The van der Waals surface area contributed by atoms with E-state index >= 15 is 0 Å². The predicted molar refractivity (Wildman–Crippen MR) is 102 cm³/mol. The van der Waals surface area contributed by atoms with Crippen molar-refractivity contribution >= 4 is 21.2 Å². The lowest BCUT2D eigenvalue weighted by molar-refractivity contribution is -0.472. The summed E-state index contributed by atoms with van der Waals surface area (Å²) in [5, 5.41) is 16.6. The molecule has 0 bridgehead atoms. The maximum atomic E-state index is 13.3. The van der Waals surface area contributed by atoms with Crippen LogP contribution in [0.3, 0.4) is 0 Å². The van der Waals surface area contributed by atoms with Crippen LogP contribution in [0.1, 0.15) is 5.56 Å². The van der Waals surface area contributed by atoms with Crippen molar-refractivity contribution in [2.45, 2.75) is 58.8 Å². The Kier molecular flexibility index (Phi) is 9.87. The number of fused-ring (bicyclic) bond motifs is 1. The standard InChI is InChI=1S/C10HF21O3S.C7H4N4O/c11-1(12,3(15,16)5(19,20)7(23,24)9(27,28)29)2(13,14)4(17,18)6(21,22)8(25,26)10(30,31)35(32,33)34;8-4-5-2-1-3-6-7(5)9-10-11(6)12/h(H,32,33,34);1-3,12H. The van der Waals surface area contributed by atoms with Gasteiger partial charge in [-0.1, -0.05) is 10.9 Å². The van der Waals surface area contributed by atoms with E-state index in [0.29, 0.717) is 21.4 Å². The lowest BCUT2D eigenvalue weighted by atomic mass is 9.87. The second kappa shape index (κ2) is 11.2. The van der Waals surface area contributed by atoms with Gasteiger partial charge in [0.15, 0.2) is 0 Å². The highest BCUT2D eigenvalue weighted by Gasteiger charge is 2.98. The van der Waals surface area contributed by atoms with Gasteiger partial charge in [0.2, 0.25) is 0 Å². The zero-order chi connectivity index (χ0) is 38.1. The first kappa shape index (κ1) is 41.4. The van der Waals surface area contributed by atoms with Gasteiger partial charge in [-0.05, 0) is 17.3 Å². The summed E-state index contributed by atoms with van der Waals surface area (Å²) in [6, 6.07) is 6.88. The van der Waals surface area contributed by atoms with Crippen molar-refractivity contribution in [3.05, 3.63) is 23.8 Å². The molecule has 0 aliphatic carbocycles. The molecule has 0 spiro atoms. The van der Waals surface area contributed by atoms with Gasteiger partial charge in [-0.3, -0.25) is 4.55 Å². The second-order valence-corrected chi connectivity index (χ2v) is 9.81. The zero-order valence-corrected chi connectivity index (χ0v) is 21.4. The maximum Gasteiger partial charge on any atom is 0.460 e. The summed E-state index contributed by atoms with van der Waals surface area (Å²) in [6.07, 6.45) is -8.08. The van der Waals surface area contributed by atoms with Crippen LogP contribution in [0.4, 0.5) is 92.2 Å². The molecule has 0 saturated heterocycles. The molecule has 2 aromatic rings. The fraction of sp³-hybridized carbons (Fsp3) is 0.588. The van der Waals surface area contributed by atoms with E-state index in [1.807, 2.05) is 6.07 Å². The van der Waals surface area contributed by atoms with E-state index < -0.39 is 68.9 Å². The lowest BCUT2D eigenvalue weighted by Crippen LogP contribution is -2.77. The first-order valence-corrected chi connectivity index (χ1v) is 11.6. The fourth-order valence-corrected chi connectivity index (χ4v) is 3.18. The molecule has 0 unspecified atom stereocenters. The number of aromatic nitrogens is 3. The van der Waals surface area contributed by atoms with E-state index in [-0.39, 0.29) is 0 Å². The summed E-state index contributed by atoms with van der Waals surface area (Å²) in [5.41, 5.74) is 1.27. The molecule has 2 rings (SSSR count). The number of hydrogen-bond donors (Lipinski definition) is 2. The van der Waals surface area contributed by atoms with Crippen molar-refractivity contribution in [2.75, 3.05) is 0 Å². The molecular formula is C17H5F21N4O4S. The zero-order valence-electron chi connectivity index (χ0n) is 20.6.